The molecule has 4 aromatic rings. The lowest BCUT2D eigenvalue weighted by atomic mass is 10.1. The van der Waals surface area contributed by atoms with Crippen molar-refractivity contribution in [3.8, 4) is 11.3 Å². The fraction of sp³-hybridized carbons (Fsp3) is 0.143. The Morgan fingerprint density at radius 2 is 1.93 bits per heavy atom. The van der Waals surface area contributed by atoms with Crippen molar-refractivity contribution < 1.29 is 13.9 Å². The fourth-order valence-electron chi connectivity index (χ4n) is 2.89. The summed E-state index contributed by atoms with van der Waals surface area (Å²) in [6.07, 6.45) is 2.94. The van der Waals surface area contributed by atoms with Crippen LogP contribution in [0.1, 0.15) is 11.5 Å². The predicted octanol–water partition coefficient (Wildman–Crippen LogP) is 3.10. The minimum atomic E-state index is -0.574. The Kier molecular flexibility index (Phi) is 4.72. The van der Waals surface area contributed by atoms with Crippen molar-refractivity contribution in [2.45, 2.75) is 20.1 Å². The molecule has 0 aliphatic heterocycles. The highest BCUT2D eigenvalue weighted by atomic mass is 16.5. The molecule has 7 nitrogen and oxygen atoms in total. The van der Waals surface area contributed by atoms with Crippen LogP contribution in [0.4, 0.5) is 0 Å². The zero-order valence-corrected chi connectivity index (χ0v) is 15.2. The Morgan fingerprint density at radius 3 is 2.75 bits per heavy atom. The number of hydrogen-bond acceptors (Lipinski definition) is 6. The third kappa shape index (κ3) is 3.55. The van der Waals surface area contributed by atoms with Gasteiger partial charge in [0, 0.05) is 5.56 Å². The lowest BCUT2D eigenvalue weighted by Crippen LogP contribution is -2.25. The molecule has 2 aromatic carbocycles. The maximum Gasteiger partial charge on any atom is 0.326 e. The van der Waals surface area contributed by atoms with Crippen molar-refractivity contribution in [2.24, 2.45) is 0 Å². The first kappa shape index (κ1) is 17.7. The van der Waals surface area contributed by atoms with Gasteiger partial charge in [-0.15, -0.1) is 0 Å². The van der Waals surface area contributed by atoms with Crippen LogP contribution in [0.25, 0.3) is 22.2 Å². The number of carbonyl (C=O) groups is 1. The molecule has 0 N–H and O–H groups in total. The van der Waals surface area contributed by atoms with E-state index in [0.717, 1.165) is 11.1 Å². The Hall–Kier alpha value is -3.74. The normalized spacial score (nSPS) is 10.9. The van der Waals surface area contributed by atoms with Crippen LogP contribution in [0.15, 0.2) is 70.3 Å². The van der Waals surface area contributed by atoms with Crippen LogP contribution in [0.3, 0.4) is 0 Å². The number of oxazole rings is 1. The van der Waals surface area contributed by atoms with E-state index < -0.39 is 5.97 Å². The van der Waals surface area contributed by atoms with E-state index in [2.05, 4.69) is 9.97 Å². The summed E-state index contributed by atoms with van der Waals surface area (Å²) in [5.74, 6) is 0.305. The number of rotatable bonds is 5. The summed E-state index contributed by atoms with van der Waals surface area (Å²) in [7, 11) is 0. The van der Waals surface area contributed by atoms with Crippen molar-refractivity contribution >= 4 is 16.9 Å². The molecule has 4 rings (SSSR count). The van der Waals surface area contributed by atoms with Crippen molar-refractivity contribution in [1.82, 2.24) is 14.5 Å². The van der Waals surface area contributed by atoms with Gasteiger partial charge in [-0.25, -0.2) is 9.97 Å². The number of fused-ring (bicyclic) bond motifs is 1. The molecule has 0 unspecified atom stereocenters. The summed E-state index contributed by atoms with van der Waals surface area (Å²) in [4.78, 5) is 33.1. The summed E-state index contributed by atoms with van der Waals surface area (Å²) in [5, 5.41) is 0.468. The van der Waals surface area contributed by atoms with Gasteiger partial charge in [-0.05, 0) is 18.6 Å². The standard InChI is InChI=1S/C21H17N3O4/c1-14-6-5-9-16-20(14)23-13-24(21(16)26)11-19(25)27-12-18-22-10-17(28-18)15-7-3-2-4-8-15/h2-10,13H,11-12H2,1H3. The van der Waals surface area contributed by atoms with E-state index in [1.54, 1.807) is 18.3 Å². The molecule has 7 heteroatoms. The van der Waals surface area contributed by atoms with Gasteiger partial charge in [-0.3, -0.25) is 14.2 Å². The molecule has 0 spiro atoms. The van der Waals surface area contributed by atoms with Gasteiger partial charge in [0.05, 0.1) is 23.4 Å². The highest BCUT2D eigenvalue weighted by Crippen LogP contribution is 2.20. The molecule has 0 bridgehead atoms. The Labute approximate surface area is 160 Å². The predicted molar refractivity (Wildman–Crippen MR) is 102 cm³/mol. The summed E-state index contributed by atoms with van der Waals surface area (Å²) in [6.45, 7) is 1.54. The minimum Gasteiger partial charge on any atom is -0.454 e. The van der Waals surface area contributed by atoms with Crippen LogP contribution >= 0.6 is 0 Å². The first-order valence-electron chi connectivity index (χ1n) is 8.72. The highest BCUT2D eigenvalue weighted by molar-refractivity contribution is 5.80. The largest absolute Gasteiger partial charge is 0.454 e. The van der Waals surface area contributed by atoms with Gasteiger partial charge in [-0.2, -0.15) is 0 Å². The second kappa shape index (κ2) is 7.48. The first-order valence-corrected chi connectivity index (χ1v) is 8.72. The van der Waals surface area contributed by atoms with E-state index in [1.807, 2.05) is 43.3 Å². The third-order valence-corrected chi connectivity index (χ3v) is 4.32. The summed E-state index contributed by atoms with van der Waals surface area (Å²) in [6, 6.07) is 14.9. The van der Waals surface area contributed by atoms with Gasteiger partial charge < -0.3 is 9.15 Å². The van der Waals surface area contributed by atoms with Gasteiger partial charge in [0.2, 0.25) is 5.89 Å². The zero-order chi connectivity index (χ0) is 19.5. The number of hydrogen-bond donors (Lipinski definition) is 0. The number of aryl methyl sites for hydroxylation is 1. The number of nitrogens with zero attached hydrogens (tertiary/aromatic N) is 3. The number of aromatic nitrogens is 3. The van der Waals surface area contributed by atoms with E-state index in [-0.39, 0.29) is 24.6 Å². The van der Waals surface area contributed by atoms with Crippen LogP contribution < -0.4 is 5.56 Å². The maximum atomic E-state index is 12.5. The highest BCUT2D eigenvalue weighted by Gasteiger charge is 2.12. The number of esters is 1. The molecule has 0 amide bonds. The lowest BCUT2D eigenvalue weighted by molar-refractivity contribution is -0.146. The third-order valence-electron chi connectivity index (χ3n) is 4.32. The first-order chi connectivity index (χ1) is 13.6. The van der Waals surface area contributed by atoms with Crippen LogP contribution in [0.5, 0.6) is 0 Å². The van der Waals surface area contributed by atoms with Crippen LogP contribution in [0.2, 0.25) is 0 Å². The quantitative estimate of drug-likeness (QED) is 0.498. The molecule has 2 heterocycles. The maximum absolute atomic E-state index is 12.5. The van der Waals surface area contributed by atoms with E-state index in [0.29, 0.717) is 16.7 Å². The molecule has 0 aliphatic carbocycles. The van der Waals surface area contributed by atoms with E-state index in [4.69, 9.17) is 9.15 Å². The number of ether oxygens (including phenoxy) is 1. The Morgan fingerprint density at radius 1 is 1.11 bits per heavy atom. The zero-order valence-electron chi connectivity index (χ0n) is 15.2. The number of benzene rings is 2. The van der Waals surface area contributed by atoms with Gasteiger partial charge in [-0.1, -0.05) is 42.5 Å². The van der Waals surface area contributed by atoms with Gasteiger partial charge in [0.1, 0.15) is 6.54 Å². The SMILES string of the molecule is Cc1cccc2c(=O)n(CC(=O)OCc3ncc(-c4ccccc4)o3)cnc12. The molecular weight excluding hydrogens is 358 g/mol. The Balaban J connectivity index is 1.43. The molecule has 0 aliphatic rings. The van der Waals surface area contributed by atoms with E-state index in [1.165, 1.54) is 10.9 Å². The van der Waals surface area contributed by atoms with Gasteiger partial charge in [0.25, 0.3) is 5.56 Å². The van der Waals surface area contributed by atoms with Crippen LogP contribution in [0, 0.1) is 6.92 Å². The van der Waals surface area contributed by atoms with Crippen molar-refractivity contribution in [3.05, 3.63) is 82.9 Å². The van der Waals surface area contributed by atoms with Gasteiger partial charge in [0.15, 0.2) is 12.4 Å². The van der Waals surface area contributed by atoms with E-state index in [9.17, 15) is 9.59 Å². The van der Waals surface area contributed by atoms with Crippen molar-refractivity contribution in [2.75, 3.05) is 0 Å². The van der Waals surface area contributed by atoms with Gasteiger partial charge >= 0.3 is 5.97 Å². The summed E-state index contributed by atoms with van der Waals surface area (Å²) in [5.41, 5.74) is 2.14. The van der Waals surface area contributed by atoms with Crippen molar-refractivity contribution in [3.63, 3.8) is 0 Å². The lowest BCUT2D eigenvalue weighted by Gasteiger charge is -2.07. The molecular formula is C21H17N3O4. The summed E-state index contributed by atoms with van der Waals surface area (Å²) < 4.78 is 12.0. The molecule has 2 aromatic heterocycles. The topological polar surface area (TPSA) is 87.2 Å². The second-order valence-electron chi connectivity index (χ2n) is 6.29. The average Bonchev–Trinajstić information content (AvgIpc) is 3.19. The van der Waals surface area contributed by atoms with Crippen LogP contribution in [-0.2, 0) is 22.7 Å². The smallest absolute Gasteiger partial charge is 0.326 e. The Bertz CT molecular complexity index is 1200. The molecule has 0 radical (unpaired) electrons. The van der Waals surface area contributed by atoms with Crippen molar-refractivity contribution in [1.29, 1.82) is 0 Å². The fourth-order valence-corrected chi connectivity index (χ4v) is 2.89. The molecule has 0 saturated heterocycles. The minimum absolute atomic E-state index is 0.111. The van der Waals surface area contributed by atoms with E-state index >= 15 is 0 Å². The molecule has 0 atom stereocenters. The molecule has 0 saturated carbocycles. The average molecular weight is 375 g/mol. The molecule has 0 fully saturated rings. The summed E-state index contributed by atoms with van der Waals surface area (Å²) >= 11 is 0. The second-order valence-corrected chi connectivity index (χ2v) is 6.29. The number of carbonyl (C=O) groups excluding carboxylic acids is 1. The van der Waals surface area contributed by atoms with Crippen LogP contribution in [-0.4, -0.2) is 20.5 Å². The number of para-hydroxylation sites is 1. The molecule has 140 valence electrons. The monoisotopic (exact) mass is 375 g/mol. The molecule has 28 heavy (non-hydrogen) atoms.